The van der Waals surface area contributed by atoms with Crippen LogP contribution in [0, 0.1) is 0 Å². The largest absolute Gasteiger partial charge is 0.361 e. The highest BCUT2D eigenvalue weighted by atomic mass is 32.1. The van der Waals surface area contributed by atoms with Crippen molar-refractivity contribution in [2.45, 2.75) is 31.6 Å². The van der Waals surface area contributed by atoms with Crippen molar-refractivity contribution in [1.82, 2.24) is 9.88 Å². The molecule has 4 heteroatoms. The van der Waals surface area contributed by atoms with Gasteiger partial charge in [0.2, 0.25) is 0 Å². The molecule has 3 heterocycles. The van der Waals surface area contributed by atoms with E-state index in [1.165, 1.54) is 29.4 Å². The Morgan fingerprint density at radius 1 is 1.28 bits per heavy atom. The van der Waals surface area contributed by atoms with E-state index in [1.807, 2.05) is 6.07 Å². The first-order valence-electron chi connectivity index (χ1n) is 9.04. The van der Waals surface area contributed by atoms with Crippen LogP contribution in [0.3, 0.4) is 0 Å². The predicted molar refractivity (Wildman–Crippen MR) is 105 cm³/mol. The summed E-state index contributed by atoms with van der Waals surface area (Å²) < 4.78 is 0. The summed E-state index contributed by atoms with van der Waals surface area (Å²) in [5.74, 6) is 0.838. The number of fused-ring (bicyclic) bond motifs is 1. The van der Waals surface area contributed by atoms with E-state index in [0.29, 0.717) is 12.3 Å². The fourth-order valence-electron chi connectivity index (χ4n) is 3.81. The molecule has 4 rings (SSSR count). The van der Waals surface area contributed by atoms with Crippen LogP contribution < -0.4 is 0 Å². The highest BCUT2D eigenvalue weighted by Gasteiger charge is 2.21. The number of ketones is 1. The van der Waals surface area contributed by atoms with Crippen molar-refractivity contribution in [2.75, 3.05) is 20.1 Å². The van der Waals surface area contributed by atoms with Crippen molar-refractivity contribution in [3.8, 4) is 0 Å². The number of carbonyl (C=O) groups excluding carboxylic acids is 1. The summed E-state index contributed by atoms with van der Waals surface area (Å²) in [6, 6.07) is 8.24. The van der Waals surface area contributed by atoms with Crippen molar-refractivity contribution < 1.29 is 4.79 Å². The van der Waals surface area contributed by atoms with E-state index in [2.05, 4.69) is 52.1 Å². The van der Waals surface area contributed by atoms with Crippen LogP contribution in [-0.4, -0.2) is 35.8 Å². The highest BCUT2D eigenvalue weighted by molar-refractivity contribution is 7.07. The van der Waals surface area contributed by atoms with Crippen LogP contribution in [0.15, 0.2) is 41.2 Å². The molecule has 1 fully saturated rings. The second kappa shape index (κ2) is 7.14. The normalized spacial score (nSPS) is 16.5. The molecule has 0 bridgehead atoms. The number of carbonyl (C=O) groups is 1. The van der Waals surface area contributed by atoms with Gasteiger partial charge in [-0.3, -0.25) is 4.79 Å². The summed E-state index contributed by atoms with van der Waals surface area (Å²) >= 11 is 1.69. The Morgan fingerprint density at radius 3 is 2.88 bits per heavy atom. The molecule has 1 aliphatic heterocycles. The van der Waals surface area contributed by atoms with Gasteiger partial charge in [0.1, 0.15) is 0 Å². The van der Waals surface area contributed by atoms with Crippen molar-refractivity contribution in [2.24, 2.45) is 0 Å². The van der Waals surface area contributed by atoms with E-state index in [9.17, 15) is 4.79 Å². The second-order valence-corrected chi connectivity index (χ2v) is 7.92. The van der Waals surface area contributed by atoms with Gasteiger partial charge < -0.3 is 9.88 Å². The average molecular weight is 353 g/mol. The standard InChI is InChI=1S/C21H24N2OS/c1-23-9-6-16(7-10-23)19-13-22-20-4-3-17(12-18(19)20)21(24)5-2-15-8-11-25-14-15/h3-4,8,11-14,16,22H,2,5-7,9-10H2,1H3. The third-order valence-electron chi connectivity index (χ3n) is 5.41. The van der Waals surface area contributed by atoms with Crippen LogP contribution in [0.4, 0.5) is 0 Å². The summed E-state index contributed by atoms with van der Waals surface area (Å²) in [7, 11) is 2.19. The lowest BCUT2D eigenvalue weighted by molar-refractivity contribution is 0.0983. The Bertz CT molecular complexity index is 857. The Labute approximate surface area is 152 Å². The molecular weight excluding hydrogens is 328 g/mol. The summed E-state index contributed by atoms with van der Waals surface area (Å²) in [4.78, 5) is 18.4. The zero-order valence-corrected chi connectivity index (χ0v) is 15.4. The monoisotopic (exact) mass is 352 g/mol. The number of nitrogens with one attached hydrogen (secondary N) is 1. The Hall–Kier alpha value is -1.91. The summed E-state index contributed by atoms with van der Waals surface area (Å²) in [6.07, 6.45) is 5.95. The number of aromatic nitrogens is 1. The number of hydrogen-bond donors (Lipinski definition) is 1. The molecule has 0 amide bonds. The number of aryl methyl sites for hydroxylation is 1. The first kappa shape index (κ1) is 16.6. The maximum Gasteiger partial charge on any atom is 0.163 e. The lowest BCUT2D eigenvalue weighted by Gasteiger charge is -2.28. The predicted octanol–water partition coefficient (Wildman–Crippen LogP) is 4.85. The summed E-state index contributed by atoms with van der Waals surface area (Å²) in [6.45, 7) is 2.30. The molecule has 1 saturated heterocycles. The van der Waals surface area contributed by atoms with E-state index in [0.717, 1.165) is 30.6 Å². The third kappa shape index (κ3) is 3.55. The lowest BCUT2D eigenvalue weighted by Crippen LogP contribution is -2.29. The van der Waals surface area contributed by atoms with E-state index < -0.39 is 0 Å². The third-order valence-corrected chi connectivity index (χ3v) is 6.15. The van der Waals surface area contributed by atoms with Crippen molar-refractivity contribution in [3.05, 3.63) is 57.9 Å². The van der Waals surface area contributed by atoms with Gasteiger partial charge in [-0.1, -0.05) is 0 Å². The van der Waals surface area contributed by atoms with Gasteiger partial charge in [-0.25, -0.2) is 0 Å². The van der Waals surface area contributed by atoms with Crippen molar-refractivity contribution in [3.63, 3.8) is 0 Å². The molecule has 25 heavy (non-hydrogen) atoms. The van der Waals surface area contributed by atoms with E-state index in [-0.39, 0.29) is 5.78 Å². The number of benzene rings is 1. The number of rotatable bonds is 5. The van der Waals surface area contributed by atoms with Gasteiger partial charge in [-0.2, -0.15) is 11.3 Å². The van der Waals surface area contributed by atoms with Crippen LogP contribution in [0.5, 0.6) is 0 Å². The molecule has 1 N–H and O–H groups in total. The van der Waals surface area contributed by atoms with Gasteiger partial charge in [0.05, 0.1) is 0 Å². The van der Waals surface area contributed by atoms with Gasteiger partial charge in [0, 0.05) is 29.1 Å². The zero-order valence-electron chi connectivity index (χ0n) is 14.6. The van der Waals surface area contributed by atoms with Gasteiger partial charge in [0.25, 0.3) is 0 Å². The maximum absolute atomic E-state index is 12.6. The van der Waals surface area contributed by atoms with Gasteiger partial charge in [-0.15, -0.1) is 0 Å². The fourth-order valence-corrected chi connectivity index (χ4v) is 4.51. The quantitative estimate of drug-likeness (QED) is 0.666. The summed E-state index contributed by atoms with van der Waals surface area (Å²) in [5.41, 5.74) is 4.63. The molecule has 0 spiro atoms. The molecule has 0 atom stereocenters. The van der Waals surface area contributed by atoms with Crippen molar-refractivity contribution >= 4 is 28.0 Å². The van der Waals surface area contributed by atoms with Crippen LogP contribution >= 0.6 is 11.3 Å². The van der Waals surface area contributed by atoms with Gasteiger partial charge >= 0.3 is 0 Å². The smallest absolute Gasteiger partial charge is 0.163 e. The van der Waals surface area contributed by atoms with Crippen LogP contribution in [0.2, 0.25) is 0 Å². The van der Waals surface area contributed by atoms with E-state index in [4.69, 9.17) is 0 Å². The topological polar surface area (TPSA) is 36.1 Å². The molecule has 0 unspecified atom stereocenters. The number of hydrogen-bond acceptors (Lipinski definition) is 3. The molecule has 3 nitrogen and oxygen atoms in total. The van der Waals surface area contributed by atoms with Gasteiger partial charge in [0.15, 0.2) is 5.78 Å². The fraction of sp³-hybridized carbons (Fsp3) is 0.381. The second-order valence-electron chi connectivity index (χ2n) is 7.14. The minimum atomic E-state index is 0.239. The zero-order chi connectivity index (χ0) is 17.2. The van der Waals surface area contributed by atoms with E-state index in [1.54, 1.807) is 11.3 Å². The average Bonchev–Trinajstić information content (AvgIpc) is 3.29. The molecule has 1 aliphatic rings. The van der Waals surface area contributed by atoms with Crippen LogP contribution in [0.1, 0.15) is 46.7 Å². The highest BCUT2D eigenvalue weighted by Crippen LogP contribution is 2.33. The van der Waals surface area contributed by atoms with Crippen molar-refractivity contribution in [1.29, 1.82) is 0 Å². The lowest BCUT2D eigenvalue weighted by atomic mass is 9.89. The molecule has 2 aromatic heterocycles. The Kier molecular flexibility index (Phi) is 4.73. The minimum Gasteiger partial charge on any atom is -0.361 e. The molecule has 130 valence electrons. The molecule has 1 aromatic carbocycles. The Balaban J connectivity index is 1.54. The van der Waals surface area contributed by atoms with Crippen LogP contribution in [0.25, 0.3) is 10.9 Å². The number of piperidine rings is 1. The molecule has 3 aromatic rings. The van der Waals surface area contributed by atoms with Gasteiger partial charge in [-0.05, 0) is 91.5 Å². The number of Topliss-reactive ketones (excluding diaryl/α,β-unsaturated/α-hetero) is 1. The number of likely N-dealkylation sites (tertiary alicyclic amines) is 1. The molecule has 0 radical (unpaired) electrons. The van der Waals surface area contributed by atoms with E-state index >= 15 is 0 Å². The number of aromatic amines is 1. The first-order chi connectivity index (χ1) is 12.2. The molecular formula is C21H24N2OS. The first-order valence-corrected chi connectivity index (χ1v) is 9.99. The Morgan fingerprint density at radius 2 is 2.12 bits per heavy atom. The number of H-pyrrole nitrogens is 1. The molecule has 0 saturated carbocycles. The number of nitrogens with zero attached hydrogens (tertiary/aromatic N) is 1. The maximum atomic E-state index is 12.6. The SMILES string of the molecule is CN1CCC(c2c[nH]c3ccc(C(=O)CCc4ccsc4)cc23)CC1. The summed E-state index contributed by atoms with van der Waals surface area (Å²) in [5, 5.41) is 5.43. The molecule has 0 aliphatic carbocycles. The van der Waals surface area contributed by atoms with Crippen LogP contribution in [-0.2, 0) is 6.42 Å². The number of thiophene rings is 1. The minimum absolute atomic E-state index is 0.239.